The van der Waals surface area contributed by atoms with Crippen LogP contribution in [0.5, 0.6) is 0 Å². The van der Waals surface area contributed by atoms with Crippen LogP contribution < -0.4 is 5.73 Å². The summed E-state index contributed by atoms with van der Waals surface area (Å²) < 4.78 is 13.8. The largest absolute Gasteiger partial charge is 0.449 e. The van der Waals surface area contributed by atoms with E-state index >= 15 is 4.79 Å². The number of carbonyl (C=O) groups excluding carboxylic acids is 2. The Bertz CT molecular complexity index is 1830. The number of esters is 2. The van der Waals surface area contributed by atoms with Crippen LogP contribution in [0.25, 0.3) is 0 Å². The van der Waals surface area contributed by atoms with Gasteiger partial charge in [-0.25, -0.2) is 4.79 Å². The van der Waals surface area contributed by atoms with Crippen LogP contribution in [-0.2, 0) is 26.3 Å². The quantitative estimate of drug-likeness (QED) is 0.296. The van der Waals surface area contributed by atoms with Gasteiger partial charge in [-0.05, 0) is 105 Å². The Balaban J connectivity index is 1.23. The van der Waals surface area contributed by atoms with Crippen molar-refractivity contribution >= 4 is 11.9 Å². The monoisotopic (exact) mass is 703 g/mol. The fraction of sp³-hybridized carbons (Fsp3) is 0.644. The molecule has 276 valence electrons. The molecule has 1 aromatic carbocycles. The Hall–Kier alpha value is -3.16. The van der Waals surface area contributed by atoms with Crippen molar-refractivity contribution in [2.45, 2.75) is 103 Å². The molecule has 1 aromatic rings. The van der Waals surface area contributed by atoms with Gasteiger partial charge in [-0.3, -0.25) is 9.69 Å². The van der Waals surface area contributed by atoms with Gasteiger partial charge in [0.2, 0.25) is 0 Å². The maximum Gasteiger partial charge on any atom is 0.339 e. The summed E-state index contributed by atoms with van der Waals surface area (Å²) in [6.07, 6.45) is 20.1. The average molecular weight is 704 g/mol. The number of carbonyl (C=O) groups is 2. The lowest BCUT2D eigenvalue weighted by Gasteiger charge is -2.71. The summed E-state index contributed by atoms with van der Waals surface area (Å²) in [7, 11) is 0. The predicted molar refractivity (Wildman–Crippen MR) is 201 cm³/mol. The van der Waals surface area contributed by atoms with Crippen molar-refractivity contribution in [1.82, 2.24) is 9.80 Å². The Morgan fingerprint density at radius 2 is 1.81 bits per heavy atom. The first-order valence-electron chi connectivity index (χ1n) is 20.9. The molecule has 8 heterocycles. The molecule has 13 rings (SSSR count). The number of benzene rings is 1. The molecular formula is C45H57N3O4. The third kappa shape index (κ3) is 4.00. The number of fused-ring (bicyclic) bond motifs is 2. The number of rotatable bonds is 7. The minimum atomic E-state index is -0.955. The summed E-state index contributed by atoms with van der Waals surface area (Å²) in [5.41, 5.74) is 10.2. The van der Waals surface area contributed by atoms with Gasteiger partial charge in [0.25, 0.3) is 0 Å². The molecule has 2 N–H and O–H groups in total. The molecule has 10 unspecified atom stereocenters. The lowest BCUT2D eigenvalue weighted by Crippen LogP contribution is -2.76. The van der Waals surface area contributed by atoms with Crippen molar-refractivity contribution in [3.63, 3.8) is 0 Å². The average Bonchev–Trinajstić information content (AvgIpc) is 3.59. The van der Waals surface area contributed by atoms with Gasteiger partial charge in [-0.15, -0.1) is 0 Å². The molecule has 10 atom stereocenters. The van der Waals surface area contributed by atoms with E-state index in [2.05, 4.69) is 73.1 Å². The van der Waals surface area contributed by atoms with Gasteiger partial charge in [0.1, 0.15) is 11.2 Å². The van der Waals surface area contributed by atoms with Gasteiger partial charge in [0.15, 0.2) is 5.60 Å². The van der Waals surface area contributed by atoms with Crippen LogP contribution in [-0.4, -0.2) is 60.5 Å². The molecule has 0 aromatic heterocycles. The maximum absolute atomic E-state index is 15.3. The smallest absolute Gasteiger partial charge is 0.339 e. The van der Waals surface area contributed by atoms with Crippen LogP contribution in [0.4, 0.5) is 0 Å². The molecular weight excluding hydrogens is 647 g/mol. The molecule has 0 radical (unpaired) electrons. The number of piperidine rings is 2. The highest BCUT2D eigenvalue weighted by atomic mass is 16.6. The van der Waals surface area contributed by atoms with Crippen LogP contribution in [0.15, 0.2) is 65.1 Å². The van der Waals surface area contributed by atoms with Crippen molar-refractivity contribution in [2.75, 3.05) is 32.7 Å². The first kappa shape index (κ1) is 33.4. The first-order chi connectivity index (χ1) is 25.3. The first-order valence-corrected chi connectivity index (χ1v) is 20.9. The number of allylic oxidation sites excluding steroid dienone is 4. The molecule has 4 aliphatic carbocycles. The number of nitrogens with zero attached hydrogens (tertiary/aromatic N) is 2. The second-order valence-corrected chi connectivity index (χ2v) is 18.1. The van der Waals surface area contributed by atoms with Crippen LogP contribution >= 0.6 is 0 Å². The van der Waals surface area contributed by atoms with E-state index in [9.17, 15) is 4.79 Å². The maximum atomic E-state index is 15.3. The van der Waals surface area contributed by atoms with Crippen LogP contribution in [0.3, 0.4) is 0 Å². The minimum Gasteiger partial charge on any atom is -0.449 e. The summed E-state index contributed by atoms with van der Waals surface area (Å²) in [4.78, 5) is 35.3. The highest BCUT2D eigenvalue weighted by Gasteiger charge is 2.92. The van der Waals surface area contributed by atoms with Crippen molar-refractivity contribution in [1.29, 1.82) is 0 Å². The summed E-state index contributed by atoms with van der Waals surface area (Å²) in [6.45, 7) is 12.1. The van der Waals surface area contributed by atoms with Gasteiger partial charge in [0, 0.05) is 55.3 Å². The van der Waals surface area contributed by atoms with Gasteiger partial charge >= 0.3 is 11.9 Å². The zero-order valence-corrected chi connectivity index (χ0v) is 31.5. The van der Waals surface area contributed by atoms with E-state index < -0.39 is 16.4 Å². The van der Waals surface area contributed by atoms with Crippen molar-refractivity contribution in [3.05, 3.63) is 81.8 Å². The Morgan fingerprint density at radius 1 is 1.00 bits per heavy atom. The van der Waals surface area contributed by atoms with E-state index in [4.69, 9.17) is 15.2 Å². The van der Waals surface area contributed by atoms with Crippen LogP contribution in [0.2, 0.25) is 0 Å². The highest BCUT2D eigenvalue weighted by Crippen LogP contribution is 2.86. The fourth-order valence-electron chi connectivity index (χ4n) is 14.0. The number of hydrogen-bond donors (Lipinski definition) is 1. The molecule has 1 saturated carbocycles. The van der Waals surface area contributed by atoms with Crippen molar-refractivity contribution in [2.24, 2.45) is 52.1 Å². The Labute approximate surface area is 309 Å². The normalized spacial score (nSPS) is 42.0. The standard InChI is InChI=1S/C45H57N3O4/c1-4-8-31-14-18-38-43-20-19-33-34(16-15-32-27(3)13-17-36(40(32)33)48-25-28-22-29(26-48)24-47(31)23-28)44(43,42(50)51-38)37(9-5-2)45(43)35-12-6-10-30(11-7-21-46)39(35)41(49)52-45/h6,10,12,15-18,27-29,31-32,37,40H,4-5,7-9,11,13-14,19-26,46H2,1-3H3. The third-order valence-electron chi connectivity index (χ3n) is 15.7. The second kappa shape index (κ2) is 11.9. The van der Waals surface area contributed by atoms with Gasteiger partial charge in [-0.1, -0.05) is 75.6 Å². The number of ether oxygens (including phenoxy) is 2. The zero-order valence-electron chi connectivity index (χ0n) is 31.5. The van der Waals surface area contributed by atoms with Gasteiger partial charge < -0.3 is 20.1 Å². The molecule has 7 nitrogen and oxygen atoms in total. The fourth-order valence-corrected chi connectivity index (χ4v) is 14.0. The number of nitrogens with two attached hydrogens (primary N) is 1. The number of aryl methyl sites for hydroxylation is 1. The van der Waals surface area contributed by atoms with E-state index in [-0.39, 0.29) is 23.8 Å². The molecule has 2 spiro atoms. The van der Waals surface area contributed by atoms with E-state index in [1.165, 1.54) is 23.3 Å². The molecule has 12 aliphatic rings. The Kier molecular flexibility index (Phi) is 7.66. The minimum absolute atomic E-state index is 0.113. The van der Waals surface area contributed by atoms with Crippen LogP contribution in [0.1, 0.15) is 106 Å². The third-order valence-corrected chi connectivity index (χ3v) is 15.7. The lowest BCUT2D eigenvalue weighted by molar-refractivity contribution is -0.275. The molecule has 4 fully saturated rings. The zero-order chi connectivity index (χ0) is 35.6. The SMILES string of the molecule is CCCC1CC=C2OC(=O)C34C5=C(CCC23C2(OC(=O)c3c(CCCN)cccc32)C4CCC)C2C(=CCC(C)C2C=C5)N2CC3CC(C2)CN1C3. The van der Waals surface area contributed by atoms with Crippen LogP contribution in [0, 0.1) is 46.3 Å². The number of hydrogen-bond acceptors (Lipinski definition) is 7. The summed E-state index contributed by atoms with van der Waals surface area (Å²) in [5.74, 6) is 2.82. The molecule has 8 aliphatic heterocycles. The molecule has 10 bridgehead atoms. The van der Waals surface area contributed by atoms with Crippen molar-refractivity contribution < 1.29 is 19.1 Å². The molecule has 3 saturated heterocycles. The second-order valence-electron chi connectivity index (χ2n) is 18.1. The van der Waals surface area contributed by atoms with E-state index in [1.54, 1.807) is 0 Å². The Morgan fingerprint density at radius 3 is 2.58 bits per heavy atom. The van der Waals surface area contributed by atoms with E-state index in [0.717, 1.165) is 107 Å². The van der Waals surface area contributed by atoms with Gasteiger partial charge in [0.05, 0.1) is 11.0 Å². The van der Waals surface area contributed by atoms with E-state index in [0.29, 0.717) is 41.8 Å². The van der Waals surface area contributed by atoms with Crippen molar-refractivity contribution in [3.8, 4) is 0 Å². The summed E-state index contributed by atoms with van der Waals surface area (Å²) in [5, 5.41) is 0. The highest BCUT2D eigenvalue weighted by molar-refractivity contribution is 6.00. The van der Waals surface area contributed by atoms with E-state index in [1.807, 2.05) is 0 Å². The van der Waals surface area contributed by atoms with Gasteiger partial charge in [-0.2, -0.15) is 0 Å². The molecule has 0 amide bonds. The topological polar surface area (TPSA) is 85.1 Å². The lowest BCUT2D eigenvalue weighted by atomic mass is 9.29. The predicted octanol–water partition coefficient (Wildman–Crippen LogP) is 7.43. The summed E-state index contributed by atoms with van der Waals surface area (Å²) in [6, 6.07) is 6.72. The molecule has 52 heavy (non-hydrogen) atoms. The molecule has 7 heteroatoms. The summed E-state index contributed by atoms with van der Waals surface area (Å²) >= 11 is 0.